The molecule has 0 bridgehead atoms. The highest BCUT2D eigenvalue weighted by Crippen LogP contribution is 2.23. The molecule has 111 heavy (non-hydrogen) atoms. The minimum atomic E-state index is -3.13. The van der Waals surface area contributed by atoms with Gasteiger partial charge in [-0.2, -0.15) is 0 Å². The van der Waals surface area contributed by atoms with E-state index in [9.17, 15) is 57.8 Å². The van der Waals surface area contributed by atoms with Gasteiger partial charge in [-0.25, -0.2) is 4.98 Å². The molecule has 592 valence electrons. The Morgan fingerprint density at radius 3 is 1.59 bits per heavy atom. The predicted octanol–water partition coefficient (Wildman–Crippen LogP) is 0.467. The molecule has 4 aromatic carbocycles. The van der Waals surface area contributed by atoms with Crippen molar-refractivity contribution < 1.29 is 72.2 Å². The average molecular weight is 1530 g/mol. The quantitative estimate of drug-likeness (QED) is 0.0108. The first-order chi connectivity index (χ1) is 52.8. The Morgan fingerprint density at radius 2 is 1.05 bits per heavy atom. The minimum Gasteiger partial charge on any atom is -0.394 e. The number of nitrogens with one attached hydrogen (secondary N) is 12. The van der Waals surface area contributed by atoms with E-state index < -0.39 is 155 Å². The summed E-state index contributed by atoms with van der Waals surface area (Å²) < 4.78 is 0. The van der Waals surface area contributed by atoms with Crippen LogP contribution in [0.4, 0.5) is 11.4 Å². The monoisotopic (exact) mass is 1530 g/mol. The summed E-state index contributed by atoms with van der Waals surface area (Å²) in [5.74, 6) is -12.7. The first kappa shape index (κ1) is 86.3. The summed E-state index contributed by atoms with van der Waals surface area (Å²) in [6.07, 6.45) is 6.66. The molecule has 13 amide bonds. The van der Waals surface area contributed by atoms with Crippen molar-refractivity contribution in [3.05, 3.63) is 162 Å². The number of aliphatic hydroxyl groups is 1. The van der Waals surface area contributed by atoms with Gasteiger partial charge in [0.05, 0.1) is 12.8 Å². The molecule has 0 unspecified atom stereocenters. The van der Waals surface area contributed by atoms with E-state index in [-0.39, 0.29) is 62.9 Å². The number of aliphatic hydroxyl groups excluding tert-OH is 1. The zero-order valence-electron chi connectivity index (χ0n) is 63.4. The highest BCUT2D eigenvalue weighted by molar-refractivity contribution is 6.19. The molecule has 0 aliphatic carbocycles. The van der Waals surface area contributed by atoms with Gasteiger partial charge < -0.3 is 79.5 Å². The van der Waals surface area contributed by atoms with Crippen LogP contribution >= 0.6 is 0 Å². The Hall–Kier alpha value is -12.0. The summed E-state index contributed by atoms with van der Waals surface area (Å²) >= 11 is 0. The lowest BCUT2D eigenvalue weighted by Gasteiger charge is -2.31. The van der Waals surface area contributed by atoms with Crippen molar-refractivity contribution >= 4 is 105 Å². The molecule has 1 aliphatic rings. The van der Waals surface area contributed by atoms with Gasteiger partial charge in [-0.3, -0.25) is 82.8 Å². The van der Waals surface area contributed by atoms with Crippen LogP contribution in [-0.2, 0) is 88.0 Å². The lowest BCUT2D eigenvalue weighted by molar-refractivity contribution is -0.142. The third-order valence-electron chi connectivity index (χ3n) is 18.1. The summed E-state index contributed by atoms with van der Waals surface area (Å²) in [6, 6.07) is 15.1. The molecule has 0 radical (unpaired) electrons. The Bertz CT molecular complexity index is 4290. The number of benzene rings is 4. The van der Waals surface area contributed by atoms with Crippen LogP contribution in [0.1, 0.15) is 127 Å². The van der Waals surface area contributed by atoms with E-state index in [2.05, 4.69) is 78.8 Å². The van der Waals surface area contributed by atoms with Gasteiger partial charge in [0.2, 0.25) is 82.3 Å². The standard InChI is InChI=1S/C78H100N18O15/c1-44(2)35-59(69(103)89-58(18-11-12-31-83-45(3)4)76(110)96-34-14-19-66(96)75(109)85-46(5)68(79)102)90-70(104)60(37-50-21-26-56(27-22-50)86-47(6)98)91-71(105)61(38-51-23-28-57(29-24-51)87-48(7)99)92-73(107)65(43-97)93-72(106)62(40-53-15-13-30-81-41-53)94-77(111)78(80,67(101)64-42-82-32-33-84-64)95-74(108)63(88-49(8)100)39-52-20-25-54-16-9-10-17-55(54)36-52/h9-10,13,15-17,20-30,32-33,36,41-42,44-46,58-63,65-66,83,97H,11-12,14,18-19,31,34-35,37-40,43,80H2,1-8H3,(H2,79,102)(H,85,109)(H,86,98)(H,87,99)(H,88,100)(H,89,103)(H,90,104)(H,91,105)(H,92,107)(H,93,106)(H,94,111)(H,95,108)/t46-,58+,59+,60-,61+,62-,63-,65+,66+,78+/m1/s1. The van der Waals surface area contributed by atoms with Gasteiger partial charge in [0.1, 0.15) is 60.1 Å². The van der Waals surface area contributed by atoms with Crippen LogP contribution < -0.4 is 75.3 Å². The summed E-state index contributed by atoms with van der Waals surface area (Å²) in [5.41, 5.74) is 11.0. The third kappa shape index (κ3) is 26.4. The number of unbranched alkanes of at least 4 members (excludes halogenated alkanes) is 1. The number of nitrogens with zero attached hydrogens (tertiary/aromatic N) is 4. The Morgan fingerprint density at radius 1 is 0.532 bits per heavy atom. The zero-order valence-corrected chi connectivity index (χ0v) is 63.4. The molecular formula is C78H100N18O15. The molecule has 1 saturated heterocycles. The summed E-state index contributed by atoms with van der Waals surface area (Å²) in [6.45, 7) is 12.3. The van der Waals surface area contributed by atoms with Crippen LogP contribution in [0.3, 0.4) is 0 Å². The largest absolute Gasteiger partial charge is 0.394 e. The smallest absolute Gasteiger partial charge is 0.269 e. The van der Waals surface area contributed by atoms with Crippen molar-refractivity contribution in [3.63, 3.8) is 0 Å². The molecule has 33 nitrogen and oxygen atoms in total. The van der Waals surface area contributed by atoms with Crippen LogP contribution in [0.2, 0.25) is 0 Å². The number of anilines is 2. The number of nitrogens with two attached hydrogens (primary N) is 2. The first-order valence-corrected chi connectivity index (χ1v) is 36.7. The maximum Gasteiger partial charge on any atom is 0.269 e. The van der Waals surface area contributed by atoms with Gasteiger partial charge in [-0.15, -0.1) is 0 Å². The topological polar surface area (TPSA) is 498 Å². The molecule has 2 aromatic heterocycles. The molecule has 17 N–H and O–H groups in total. The summed E-state index contributed by atoms with van der Waals surface area (Å²) in [4.78, 5) is 210. The highest BCUT2D eigenvalue weighted by atomic mass is 16.3. The number of Topliss-reactive ketones (excluding diaryl/α,β-unsaturated/α-hetero) is 1. The molecule has 1 fully saturated rings. The Kier molecular flexibility index (Phi) is 32.3. The number of fused-ring (bicyclic) bond motifs is 1. The van der Waals surface area contributed by atoms with Gasteiger partial charge in [0.25, 0.3) is 5.91 Å². The van der Waals surface area contributed by atoms with Gasteiger partial charge in [0.15, 0.2) is 0 Å². The number of hydrogen-bond donors (Lipinski definition) is 15. The number of ketones is 1. The molecule has 3 heterocycles. The maximum atomic E-state index is 15.3. The van der Waals surface area contributed by atoms with Crippen LogP contribution in [0.25, 0.3) is 10.8 Å². The van der Waals surface area contributed by atoms with E-state index in [1.807, 2.05) is 38.1 Å². The number of primary amides is 1. The fourth-order valence-corrected chi connectivity index (χ4v) is 12.4. The maximum absolute atomic E-state index is 15.3. The van der Waals surface area contributed by atoms with Crippen molar-refractivity contribution in [2.24, 2.45) is 17.4 Å². The number of rotatable bonds is 40. The van der Waals surface area contributed by atoms with Crippen LogP contribution in [0.5, 0.6) is 0 Å². The van der Waals surface area contributed by atoms with E-state index in [0.717, 1.165) is 30.1 Å². The number of aromatic nitrogens is 3. The number of hydrogen-bond acceptors (Lipinski definition) is 20. The van der Waals surface area contributed by atoms with Crippen molar-refractivity contribution in [1.82, 2.24) is 73.0 Å². The Labute approximate surface area is 642 Å². The molecule has 0 spiro atoms. The SMILES string of the molecule is CC(=O)Nc1ccc(C[C@H](NC(=O)[C@H](CO)NC(=O)[C@@H](Cc2cccnc2)NC(=O)[C@@](N)(NC(=O)[C@@H](Cc2ccc3ccccc3c2)NC(C)=O)C(=O)c2cnccn2)C(=O)N[C@H](Cc2ccc(NC(C)=O)cc2)C(=O)N[C@@H](CC(C)C)C(=O)N[C@@H](CCCCNC(C)C)C(=O)N2CCC[C@H]2C(=O)N[C@H](C)C(N)=O)cc1. The molecule has 0 saturated carbocycles. The van der Waals surface area contributed by atoms with E-state index in [1.165, 1.54) is 80.7 Å². The van der Waals surface area contributed by atoms with Crippen molar-refractivity contribution in [2.75, 3.05) is 30.3 Å². The van der Waals surface area contributed by atoms with Gasteiger partial charge in [-0.05, 0) is 121 Å². The lowest BCUT2D eigenvalue weighted by atomic mass is 9.97. The van der Waals surface area contributed by atoms with Gasteiger partial charge >= 0.3 is 0 Å². The second-order valence-electron chi connectivity index (χ2n) is 28.2. The molecular weight excluding hydrogens is 1430 g/mol. The van der Waals surface area contributed by atoms with E-state index in [1.54, 1.807) is 56.3 Å². The summed E-state index contributed by atoms with van der Waals surface area (Å²) in [5, 5.41) is 44.6. The minimum absolute atomic E-state index is 0.00479. The molecule has 7 rings (SSSR count). The highest BCUT2D eigenvalue weighted by Gasteiger charge is 2.48. The lowest BCUT2D eigenvalue weighted by Crippen LogP contribution is -2.73. The van der Waals surface area contributed by atoms with Crippen LogP contribution in [0, 0.1) is 5.92 Å². The fourth-order valence-electron chi connectivity index (χ4n) is 12.4. The van der Waals surface area contributed by atoms with Crippen molar-refractivity contribution in [3.8, 4) is 0 Å². The first-order valence-electron chi connectivity index (χ1n) is 36.7. The second kappa shape index (κ2) is 41.6. The molecule has 33 heteroatoms. The van der Waals surface area contributed by atoms with Crippen molar-refractivity contribution in [1.29, 1.82) is 0 Å². The third-order valence-corrected chi connectivity index (χ3v) is 18.1. The number of carbonyl (C=O) groups excluding carboxylic acids is 14. The van der Waals surface area contributed by atoms with E-state index >= 15 is 14.4 Å². The molecule has 10 atom stereocenters. The summed E-state index contributed by atoms with van der Waals surface area (Å²) in [7, 11) is 0. The fraction of sp³-hybridized carbons (Fsp3) is 0.423. The molecule has 6 aromatic rings. The zero-order chi connectivity index (χ0) is 81.1. The second-order valence-corrected chi connectivity index (χ2v) is 28.2. The number of carbonyl (C=O) groups is 14. The normalized spacial score (nSPS) is 15.2. The number of amides is 13. The average Bonchev–Trinajstić information content (AvgIpc) is 1.09. The van der Waals surface area contributed by atoms with Crippen LogP contribution in [0.15, 0.2) is 134 Å². The van der Waals surface area contributed by atoms with Gasteiger partial charge in [0, 0.05) is 95.2 Å². The number of pyridine rings is 1. The predicted molar refractivity (Wildman–Crippen MR) is 410 cm³/mol. The Balaban J connectivity index is 1.20. The van der Waals surface area contributed by atoms with E-state index in [0.29, 0.717) is 59.4 Å². The number of likely N-dealkylation sites (tertiary alicyclic amines) is 1. The van der Waals surface area contributed by atoms with Crippen molar-refractivity contribution in [2.45, 2.75) is 186 Å². The van der Waals surface area contributed by atoms with Gasteiger partial charge in [-0.1, -0.05) is 100 Å². The van der Waals surface area contributed by atoms with Crippen LogP contribution in [-0.4, -0.2) is 193 Å². The van der Waals surface area contributed by atoms with E-state index in [4.69, 9.17) is 11.5 Å². The molecule has 1 aliphatic heterocycles.